The maximum absolute atomic E-state index is 9.83. The molecule has 104 valence electrons. The maximum atomic E-state index is 9.83. The van der Waals surface area contributed by atoms with Crippen LogP contribution in [0.5, 0.6) is 11.5 Å². The van der Waals surface area contributed by atoms with E-state index in [2.05, 4.69) is 15.3 Å². The van der Waals surface area contributed by atoms with Gasteiger partial charge in [0.2, 0.25) is 0 Å². The Bertz CT molecular complexity index is 669. The Morgan fingerprint density at radius 2 is 2.25 bits per heavy atom. The first-order valence-electron chi connectivity index (χ1n) is 6.07. The first-order chi connectivity index (χ1) is 9.61. The summed E-state index contributed by atoms with van der Waals surface area (Å²) >= 11 is 0.0391. The summed E-state index contributed by atoms with van der Waals surface area (Å²) < 4.78 is 6.16. The summed E-state index contributed by atoms with van der Waals surface area (Å²) in [5.41, 5.74) is 1.29. The van der Waals surface area contributed by atoms with Gasteiger partial charge >= 0.3 is 121 Å². The summed E-state index contributed by atoms with van der Waals surface area (Å²) in [4.78, 5) is 10.7. The molecule has 7 heteroatoms. The third kappa shape index (κ3) is 2.64. The van der Waals surface area contributed by atoms with Crippen molar-refractivity contribution in [2.75, 3.05) is 11.9 Å². The van der Waals surface area contributed by atoms with Crippen molar-refractivity contribution in [3.8, 4) is 22.8 Å². The molecule has 0 saturated heterocycles. The number of aromatic hydroxyl groups is 2. The Morgan fingerprint density at radius 3 is 2.95 bits per heavy atom. The molecule has 0 amide bonds. The molecule has 3 rings (SSSR count). The van der Waals surface area contributed by atoms with Crippen LogP contribution in [0.3, 0.4) is 0 Å². The van der Waals surface area contributed by atoms with Crippen molar-refractivity contribution in [3.05, 3.63) is 23.1 Å². The molecule has 1 aliphatic rings. The summed E-state index contributed by atoms with van der Waals surface area (Å²) in [7, 11) is 0. The van der Waals surface area contributed by atoms with Crippen LogP contribution in [-0.2, 0) is 4.74 Å². The molecule has 1 aromatic carbocycles. The van der Waals surface area contributed by atoms with Crippen LogP contribution in [0.4, 0.5) is 4.69 Å². The second-order valence-corrected chi connectivity index (χ2v) is 6.26. The molecular formula is C13H13N3O3Se. The van der Waals surface area contributed by atoms with Gasteiger partial charge in [-0.2, -0.15) is 0 Å². The Kier molecular flexibility index (Phi) is 3.38. The van der Waals surface area contributed by atoms with Gasteiger partial charge in [-0.3, -0.25) is 0 Å². The number of aliphatic imine (C=N–C) groups is 1. The fraction of sp³-hybridized carbons (Fsp3) is 0.231. The number of rotatable bonds is 2. The molecule has 0 aliphatic carbocycles. The van der Waals surface area contributed by atoms with Crippen LogP contribution in [0.15, 0.2) is 28.1 Å². The fourth-order valence-electron chi connectivity index (χ4n) is 1.83. The number of amidine groups is 1. The van der Waals surface area contributed by atoms with Crippen LogP contribution in [0, 0.1) is 0 Å². The zero-order chi connectivity index (χ0) is 14.1. The number of hydrogen-bond donors (Lipinski definition) is 3. The van der Waals surface area contributed by atoms with Crippen molar-refractivity contribution in [1.29, 1.82) is 0 Å². The van der Waals surface area contributed by atoms with Gasteiger partial charge in [0, 0.05) is 0 Å². The van der Waals surface area contributed by atoms with Crippen LogP contribution >= 0.6 is 0 Å². The molecule has 0 saturated carbocycles. The molecule has 2 aromatic rings. The van der Waals surface area contributed by atoms with E-state index < -0.39 is 0 Å². The summed E-state index contributed by atoms with van der Waals surface area (Å²) in [5.74, 6) is 0.0421. The van der Waals surface area contributed by atoms with Gasteiger partial charge in [-0.15, -0.1) is 0 Å². The molecule has 0 bridgehead atoms. The number of anilines is 1. The van der Waals surface area contributed by atoms with Gasteiger partial charge in [0.05, 0.1) is 0 Å². The standard InChI is InChI=1S/C13H13N3O3Se/c1-7-5-19-12(14-7)16-13-15-10(6-20-13)9-3-2-8(17)4-11(9)18/h2-4,6-7,17-18H,5H2,1H3,(H,14,15,16)/t7-/m0/s1. The summed E-state index contributed by atoms with van der Waals surface area (Å²) in [5, 5.41) is 22.2. The average molecular weight is 338 g/mol. The number of benzene rings is 1. The van der Waals surface area contributed by atoms with Gasteiger partial charge in [0.1, 0.15) is 0 Å². The van der Waals surface area contributed by atoms with Crippen LogP contribution in [0.25, 0.3) is 11.3 Å². The summed E-state index contributed by atoms with van der Waals surface area (Å²) in [6.07, 6.45) is 0. The Morgan fingerprint density at radius 1 is 1.40 bits per heavy atom. The topological polar surface area (TPSA) is 87.0 Å². The fourth-order valence-corrected chi connectivity index (χ4v) is 3.29. The Balaban J connectivity index is 1.81. The van der Waals surface area contributed by atoms with Crippen molar-refractivity contribution in [2.24, 2.45) is 4.99 Å². The molecule has 0 unspecified atom stereocenters. The Labute approximate surface area is 121 Å². The van der Waals surface area contributed by atoms with E-state index in [0.717, 1.165) is 4.69 Å². The second kappa shape index (κ2) is 5.19. The minimum absolute atomic E-state index is 0.0140. The number of ether oxygens (including phenoxy) is 1. The van der Waals surface area contributed by atoms with Crippen LogP contribution in [0.1, 0.15) is 6.92 Å². The van der Waals surface area contributed by atoms with E-state index >= 15 is 0 Å². The zero-order valence-corrected chi connectivity index (χ0v) is 12.4. The van der Waals surface area contributed by atoms with E-state index in [9.17, 15) is 10.2 Å². The molecule has 0 radical (unpaired) electrons. The van der Waals surface area contributed by atoms with Crippen LogP contribution < -0.4 is 5.32 Å². The first kappa shape index (κ1) is 13.0. The molecule has 0 fully saturated rings. The normalized spacial score (nSPS) is 17.6. The van der Waals surface area contributed by atoms with E-state index in [-0.39, 0.29) is 32.0 Å². The van der Waals surface area contributed by atoms with Gasteiger partial charge in [-0.25, -0.2) is 0 Å². The van der Waals surface area contributed by atoms with Gasteiger partial charge in [-0.05, 0) is 0 Å². The number of phenolic OH excluding ortho intramolecular Hbond substituents is 2. The van der Waals surface area contributed by atoms with Crippen molar-refractivity contribution >= 4 is 25.2 Å². The van der Waals surface area contributed by atoms with E-state index in [1.807, 2.05) is 11.9 Å². The Hall–Kier alpha value is -1.98. The predicted molar refractivity (Wildman–Crippen MR) is 76.4 cm³/mol. The van der Waals surface area contributed by atoms with Crippen molar-refractivity contribution in [1.82, 2.24) is 4.98 Å². The van der Waals surface area contributed by atoms with Crippen LogP contribution in [-0.4, -0.2) is 48.4 Å². The number of aromatic nitrogens is 1. The monoisotopic (exact) mass is 339 g/mol. The quantitative estimate of drug-likeness (QED) is 0.721. The molecule has 1 atom stereocenters. The molecule has 3 N–H and O–H groups in total. The van der Waals surface area contributed by atoms with Gasteiger partial charge in [0.15, 0.2) is 0 Å². The molecule has 6 nitrogen and oxygen atoms in total. The molecule has 1 aromatic heterocycles. The number of nitrogens with zero attached hydrogens (tertiary/aromatic N) is 2. The van der Waals surface area contributed by atoms with Gasteiger partial charge in [0.25, 0.3) is 0 Å². The van der Waals surface area contributed by atoms with Crippen molar-refractivity contribution < 1.29 is 14.9 Å². The number of hydrogen-bond acceptors (Lipinski definition) is 6. The average Bonchev–Trinajstić information content (AvgIpc) is 2.99. The molecule has 0 spiro atoms. The number of nitrogens with one attached hydrogen (secondary N) is 1. The van der Waals surface area contributed by atoms with Gasteiger partial charge < -0.3 is 0 Å². The van der Waals surface area contributed by atoms with Gasteiger partial charge in [-0.1, -0.05) is 0 Å². The zero-order valence-electron chi connectivity index (χ0n) is 10.7. The number of phenols is 2. The predicted octanol–water partition coefficient (Wildman–Crippen LogP) is 1.40. The second-order valence-electron chi connectivity index (χ2n) is 4.46. The van der Waals surface area contributed by atoms with Crippen LogP contribution in [0.2, 0.25) is 0 Å². The first-order valence-corrected chi connectivity index (χ1v) is 7.92. The summed E-state index contributed by atoms with van der Waals surface area (Å²) in [6.45, 7) is 2.57. The third-order valence-electron chi connectivity index (χ3n) is 2.77. The molecule has 2 heterocycles. The van der Waals surface area contributed by atoms with E-state index in [1.54, 1.807) is 6.07 Å². The molecule has 20 heavy (non-hydrogen) atoms. The van der Waals surface area contributed by atoms with E-state index in [4.69, 9.17) is 4.74 Å². The minimum atomic E-state index is 0.0140. The van der Waals surface area contributed by atoms with E-state index in [0.29, 0.717) is 23.9 Å². The molecular weight excluding hydrogens is 325 g/mol. The third-order valence-corrected chi connectivity index (χ3v) is 4.36. The van der Waals surface area contributed by atoms with Crippen molar-refractivity contribution in [2.45, 2.75) is 13.0 Å². The summed E-state index contributed by atoms with van der Waals surface area (Å²) in [6, 6.07) is 5.14. The molecule has 1 aliphatic heterocycles. The van der Waals surface area contributed by atoms with Crippen molar-refractivity contribution in [3.63, 3.8) is 0 Å². The van der Waals surface area contributed by atoms with E-state index in [1.165, 1.54) is 12.1 Å². The SMILES string of the molecule is C[C@H]1COC(Nc2nc(-c3ccc(O)cc3O)c[se]2)=N1.